The molecule has 1 aromatic carbocycles. The van der Waals surface area contributed by atoms with E-state index < -0.39 is 35.7 Å². The molecule has 9 heteroatoms. The lowest BCUT2D eigenvalue weighted by Crippen LogP contribution is -2.18. The number of ketones is 3. The monoisotopic (exact) mass is 400 g/mol. The second kappa shape index (κ2) is 8.61. The van der Waals surface area contributed by atoms with E-state index in [1.807, 2.05) is 0 Å². The molecule has 0 unspecified atom stereocenters. The van der Waals surface area contributed by atoms with Gasteiger partial charge >= 0.3 is 11.9 Å². The van der Waals surface area contributed by atoms with E-state index >= 15 is 0 Å². The van der Waals surface area contributed by atoms with Gasteiger partial charge in [0.2, 0.25) is 11.6 Å². The fourth-order valence-electron chi connectivity index (χ4n) is 2.76. The zero-order valence-corrected chi connectivity index (χ0v) is 15.1. The highest BCUT2D eigenvalue weighted by atomic mass is 16.6. The fraction of sp³-hybridized carbons (Fsp3) is 0.250. The number of ether oxygens (including phenoxy) is 2. The number of carbonyl (C=O) groups is 5. The maximum Gasteiger partial charge on any atom is 0.313 e. The van der Waals surface area contributed by atoms with E-state index in [1.54, 1.807) is 12.1 Å². The summed E-state index contributed by atoms with van der Waals surface area (Å²) in [6.45, 7) is -0.824. The van der Waals surface area contributed by atoms with E-state index in [1.165, 1.54) is 12.1 Å². The number of Topliss-reactive ketones (excluding diaryl/α,β-unsaturated/α-hetero) is 1. The van der Waals surface area contributed by atoms with Crippen LogP contribution in [0, 0.1) is 0 Å². The van der Waals surface area contributed by atoms with Crippen LogP contribution in [0.4, 0.5) is 0 Å². The standard InChI is InChI=1S/C20H16O9/c21-6-5-16(23)27-7-8-28-17(24)10-14(22)15-9-13-18(25)11-3-1-2-4-12(11)19(26)20(13)29-15/h1-4,9,21H,5-8,10H2. The van der Waals surface area contributed by atoms with Crippen molar-refractivity contribution in [1.82, 2.24) is 0 Å². The van der Waals surface area contributed by atoms with Gasteiger partial charge in [-0.05, 0) is 6.07 Å². The first-order valence-corrected chi connectivity index (χ1v) is 8.70. The minimum absolute atomic E-state index is 0.0267. The molecular weight excluding hydrogens is 384 g/mol. The Kier molecular flexibility index (Phi) is 5.99. The number of aliphatic hydroxyl groups is 1. The van der Waals surface area contributed by atoms with E-state index in [4.69, 9.17) is 14.3 Å². The van der Waals surface area contributed by atoms with Crippen LogP contribution in [-0.4, -0.2) is 54.2 Å². The molecule has 2 aromatic rings. The van der Waals surface area contributed by atoms with Crippen molar-refractivity contribution in [2.75, 3.05) is 19.8 Å². The number of benzene rings is 1. The Morgan fingerprint density at radius 1 is 0.897 bits per heavy atom. The first-order valence-electron chi connectivity index (χ1n) is 8.70. The number of furan rings is 1. The molecule has 0 spiro atoms. The third-order valence-electron chi connectivity index (χ3n) is 4.10. The van der Waals surface area contributed by atoms with Crippen molar-refractivity contribution in [2.24, 2.45) is 0 Å². The molecular formula is C20H16O9. The first kappa shape index (κ1) is 20.2. The van der Waals surface area contributed by atoms with E-state index in [0.29, 0.717) is 0 Å². The Hall–Kier alpha value is -3.59. The average Bonchev–Trinajstić information content (AvgIpc) is 3.16. The Morgan fingerprint density at radius 3 is 2.17 bits per heavy atom. The van der Waals surface area contributed by atoms with Crippen molar-refractivity contribution in [3.63, 3.8) is 0 Å². The molecule has 150 valence electrons. The third kappa shape index (κ3) is 4.30. The van der Waals surface area contributed by atoms with Crippen LogP contribution in [-0.2, 0) is 19.1 Å². The number of fused-ring (bicyclic) bond motifs is 2. The lowest BCUT2D eigenvalue weighted by molar-refractivity contribution is -0.152. The number of aliphatic hydroxyl groups excluding tert-OH is 1. The lowest BCUT2D eigenvalue weighted by atomic mass is 9.88. The third-order valence-corrected chi connectivity index (χ3v) is 4.10. The van der Waals surface area contributed by atoms with Crippen LogP contribution in [0.1, 0.15) is 55.4 Å². The summed E-state index contributed by atoms with van der Waals surface area (Å²) in [5.41, 5.74) is 0.384. The van der Waals surface area contributed by atoms with Crippen LogP contribution >= 0.6 is 0 Å². The summed E-state index contributed by atoms with van der Waals surface area (Å²) >= 11 is 0. The maximum atomic E-state index is 12.5. The molecule has 0 saturated carbocycles. The predicted molar refractivity (Wildman–Crippen MR) is 94.6 cm³/mol. The molecule has 3 rings (SSSR count). The van der Waals surface area contributed by atoms with Gasteiger partial charge in [-0.15, -0.1) is 0 Å². The molecule has 1 aromatic heterocycles. The normalized spacial score (nSPS) is 12.2. The van der Waals surface area contributed by atoms with Gasteiger partial charge in [0, 0.05) is 11.1 Å². The Bertz CT molecular complexity index is 947. The van der Waals surface area contributed by atoms with Crippen molar-refractivity contribution < 1.29 is 43.0 Å². The van der Waals surface area contributed by atoms with Crippen molar-refractivity contribution in [3.05, 3.63) is 58.5 Å². The van der Waals surface area contributed by atoms with Crippen molar-refractivity contribution >= 4 is 29.3 Å². The molecule has 1 aliphatic rings. The number of hydrogen-bond acceptors (Lipinski definition) is 9. The van der Waals surface area contributed by atoms with Crippen LogP contribution in [0.25, 0.3) is 0 Å². The first-order chi connectivity index (χ1) is 13.9. The second-order valence-corrected chi connectivity index (χ2v) is 6.07. The van der Waals surface area contributed by atoms with Gasteiger partial charge in [-0.2, -0.15) is 0 Å². The van der Waals surface area contributed by atoms with E-state index in [0.717, 1.165) is 6.07 Å². The van der Waals surface area contributed by atoms with Crippen molar-refractivity contribution in [2.45, 2.75) is 12.8 Å². The van der Waals surface area contributed by atoms with Crippen molar-refractivity contribution in [1.29, 1.82) is 0 Å². The summed E-state index contributed by atoms with van der Waals surface area (Å²) in [6.07, 6.45) is -0.844. The average molecular weight is 400 g/mol. The predicted octanol–water partition coefficient (Wildman–Crippen LogP) is 1.10. The SMILES string of the molecule is O=C(CCO)OCCOC(=O)CC(=O)c1cc2c(o1)C(=O)c1ccccc1C2=O. The van der Waals surface area contributed by atoms with Gasteiger partial charge in [-0.25, -0.2) is 0 Å². The fourth-order valence-corrected chi connectivity index (χ4v) is 2.76. The maximum absolute atomic E-state index is 12.5. The molecule has 0 atom stereocenters. The van der Waals surface area contributed by atoms with Crippen LogP contribution in [0.3, 0.4) is 0 Å². The Morgan fingerprint density at radius 2 is 1.52 bits per heavy atom. The highest BCUT2D eigenvalue weighted by molar-refractivity contribution is 6.28. The molecule has 0 saturated heterocycles. The summed E-state index contributed by atoms with van der Waals surface area (Å²) in [5.74, 6) is -3.77. The summed E-state index contributed by atoms with van der Waals surface area (Å²) in [4.78, 5) is 60.0. The summed E-state index contributed by atoms with van der Waals surface area (Å²) in [5, 5.41) is 8.56. The van der Waals surface area contributed by atoms with Gasteiger partial charge in [0.25, 0.3) is 0 Å². The van der Waals surface area contributed by atoms with Crippen LogP contribution < -0.4 is 0 Å². The molecule has 0 fully saturated rings. The second-order valence-electron chi connectivity index (χ2n) is 6.07. The summed E-state index contributed by atoms with van der Waals surface area (Å²) in [6, 6.07) is 7.39. The smallest absolute Gasteiger partial charge is 0.313 e. The van der Waals surface area contributed by atoms with E-state index in [-0.39, 0.29) is 54.5 Å². The van der Waals surface area contributed by atoms with Gasteiger partial charge in [-0.1, -0.05) is 24.3 Å². The zero-order chi connectivity index (χ0) is 21.0. The summed E-state index contributed by atoms with van der Waals surface area (Å²) < 4.78 is 14.7. The van der Waals surface area contributed by atoms with Crippen LogP contribution in [0.2, 0.25) is 0 Å². The zero-order valence-electron chi connectivity index (χ0n) is 15.1. The minimum Gasteiger partial charge on any atom is -0.462 e. The van der Waals surface area contributed by atoms with E-state index in [9.17, 15) is 24.0 Å². The highest BCUT2D eigenvalue weighted by Gasteiger charge is 2.34. The lowest BCUT2D eigenvalue weighted by Gasteiger charge is -2.11. The van der Waals surface area contributed by atoms with Gasteiger partial charge in [0.15, 0.2) is 17.3 Å². The minimum atomic E-state index is -0.886. The Labute approximate surface area is 164 Å². The van der Waals surface area contributed by atoms with Gasteiger partial charge in [-0.3, -0.25) is 24.0 Å². The molecule has 0 aliphatic heterocycles. The van der Waals surface area contributed by atoms with E-state index in [2.05, 4.69) is 4.74 Å². The molecule has 1 heterocycles. The van der Waals surface area contributed by atoms with Gasteiger partial charge < -0.3 is 19.0 Å². The molecule has 9 nitrogen and oxygen atoms in total. The molecule has 1 N–H and O–H groups in total. The number of rotatable bonds is 8. The number of carbonyl (C=O) groups excluding carboxylic acids is 5. The highest BCUT2D eigenvalue weighted by Crippen LogP contribution is 2.30. The summed E-state index contributed by atoms with van der Waals surface area (Å²) in [7, 11) is 0. The molecule has 0 amide bonds. The van der Waals surface area contributed by atoms with Crippen molar-refractivity contribution in [3.8, 4) is 0 Å². The quantitative estimate of drug-likeness (QED) is 0.255. The topological polar surface area (TPSA) is 137 Å². The molecule has 29 heavy (non-hydrogen) atoms. The van der Waals surface area contributed by atoms with Crippen LogP contribution in [0.5, 0.6) is 0 Å². The van der Waals surface area contributed by atoms with Crippen LogP contribution in [0.15, 0.2) is 34.7 Å². The largest absolute Gasteiger partial charge is 0.462 e. The molecule has 0 bridgehead atoms. The molecule has 0 radical (unpaired) electrons. The number of hydrogen-bond donors (Lipinski definition) is 1. The number of esters is 2. The molecule has 1 aliphatic carbocycles. The van der Waals surface area contributed by atoms with Gasteiger partial charge in [0.05, 0.1) is 18.6 Å². The van der Waals surface area contributed by atoms with Gasteiger partial charge in [0.1, 0.15) is 19.6 Å². The Balaban J connectivity index is 1.60.